The summed E-state index contributed by atoms with van der Waals surface area (Å²) in [5, 5.41) is 13.3. The Hall–Kier alpha value is -1.82. The Balaban J connectivity index is 2.90. The van der Waals surface area contributed by atoms with Crippen LogP contribution in [0.5, 0.6) is 5.75 Å². The van der Waals surface area contributed by atoms with E-state index in [1.165, 1.54) is 0 Å². The molecule has 3 N–H and O–H groups in total. The average Bonchev–Trinajstić information content (AvgIpc) is 2.38. The van der Waals surface area contributed by atoms with E-state index in [1.54, 1.807) is 19.4 Å². The Morgan fingerprint density at radius 2 is 2.24 bits per heavy atom. The SMILES string of the molecule is COc1ccc(Br)c2ccnc(C(N)=NO)c12. The van der Waals surface area contributed by atoms with Crippen LogP contribution >= 0.6 is 15.9 Å². The number of rotatable bonds is 2. The minimum atomic E-state index is -0.0491. The maximum Gasteiger partial charge on any atom is 0.189 e. The van der Waals surface area contributed by atoms with Crippen molar-refractivity contribution in [3.63, 3.8) is 0 Å². The van der Waals surface area contributed by atoms with Gasteiger partial charge in [0.2, 0.25) is 0 Å². The normalized spacial score (nSPS) is 11.8. The van der Waals surface area contributed by atoms with Crippen LogP contribution in [0.3, 0.4) is 0 Å². The molecule has 1 heterocycles. The Labute approximate surface area is 106 Å². The van der Waals surface area contributed by atoms with Crippen molar-refractivity contribution >= 4 is 32.5 Å². The lowest BCUT2D eigenvalue weighted by Crippen LogP contribution is -2.15. The number of halogens is 1. The summed E-state index contributed by atoms with van der Waals surface area (Å²) >= 11 is 3.44. The van der Waals surface area contributed by atoms with Gasteiger partial charge in [0.15, 0.2) is 5.84 Å². The Kier molecular flexibility index (Phi) is 3.14. The van der Waals surface area contributed by atoms with E-state index in [0.717, 1.165) is 9.86 Å². The van der Waals surface area contributed by atoms with Gasteiger partial charge in [-0.25, -0.2) is 0 Å². The largest absolute Gasteiger partial charge is 0.496 e. The summed E-state index contributed by atoms with van der Waals surface area (Å²) in [5.41, 5.74) is 5.99. The molecule has 0 amide bonds. The fourth-order valence-electron chi connectivity index (χ4n) is 1.64. The summed E-state index contributed by atoms with van der Waals surface area (Å²) in [7, 11) is 1.56. The summed E-state index contributed by atoms with van der Waals surface area (Å²) in [6.07, 6.45) is 1.60. The second-order valence-corrected chi connectivity index (χ2v) is 4.17. The third kappa shape index (κ3) is 1.91. The van der Waals surface area contributed by atoms with Gasteiger partial charge < -0.3 is 15.7 Å². The van der Waals surface area contributed by atoms with Crippen molar-refractivity contribution in [1.29, 1.82) is 0 Å². The number of nitrogens with two attached hydrogens (primary N) is 1. The van der Waals surface area contributed by atoms with Crippen molar-refractivity contribution in [2.24, 2.45) is 10.9 Å². The van der Waals surface area contributed by atoms with E-state index in [-0.39, 0.29) is 5.84 Å². The number of oxime groups is 1. The molecule has 2 aromatic rings. The summed E-state index contributed by atoms with van der Waals surface area (Å²) in [4.78, 5) is 4.11. The molecule has 0 spiro atoms. The lowest BCUT2D eigenvalue weighted by Gasteiger charge is -2.10. The highest BCUT2D eigenvalue weighted by Crippen LogP contribution is 2.33. The smallest absolute Gasteiger partial charge is 0.189 e. The van der Waals surface area contributed by atoms with Gasteiger partial charge in [0.05, 0.1) is 12.5 Å². The molecule has 0 atom stereocenters. The fraction of sp³-hybridized carbons (Fsp3) is 0.0909. The molecule has 0 bridgehead atoms. The van der Waals surface area contributed by atoms with Gasteiger partial charge in [-0.15, -0.1) is 0 Å². The van der Waals surface area contributed by atoms with Crippen LogP contribution in [0.15, 0.2) is 34.0 Å². The molecule has 0 unspecified atom stereocenters. The highest BCUT2D eigenvalue weighted by atomic mass is 79.9. The van der Waals surface area contributed by atoms with Crippen LogP contribution in [-0.4, -0.2) is 23.1 Å². The zero-order chi connectivity index (χ0) is 12.4. The van der Waals surface area contributed by atoms with Gasteiger partial charge in [-0.1, -0.05) is 21.1 Å². The Bertz CT molecular complexity index is 599. The quantitative estimate of drug-likeness (QED) is 0.385. The van der Waals surface area contributed by atoms with Gasteiger partial charge in [-0.2, -0.15) is 0 Å². The number of amidine groups is 1. The number of hydrogen-bond donors (Lipinski definition) is 2. The molecular weight excluding hydrogens is 286 g/mol. The number of aromatic nitrogens is 1. The molecule has 1 aromatic heterocycles. The van der Waals surface area contributed by atoms with Gasteiger partial charge in [-0.3, -0.25) is 4.98 Å². The molecule has 1 aromatic carbocycles. The molecule has 2 rings (SSSR count). The second-order valence-electron chi connectivity index (χ2n) is 3.32. The number of benzene rings is 1. The first-order valence-electron chi connectivity index (χ1n) is 4.78. The molecule has 0 radical (unpaired) electrons. The van der Waals surface area contributed by atoms with Crippen LogP contribution in [0.4, 0.5) is 0 Å². The van der Waals surface area contributed by atoms with E-state index in [9.17, 15) is 0 Å². The maximum atomic E-state index is 8.75. The maximum absolute atomic E-state index is 8.75. The van der Waals surface area contributed by atoms with Crippen LogP contribution in [0.25, 0.3) is 10.8 Å². The monoisotopic (exact) mass is 295 g/mol. The average molecular weight is 296 g/mol. The lowest BCUT2D eigenvalue weighted by molar-refractivity contribution is 0.318. The number of hydrogen-bond acceptors (Lipinski definition) is 4. The van der Waals surface area contributed by atoms with Gasteiger partial charge in [-0.05, 0) is 18.2 Å². The molecule has 0 saturated heterocycles. The van der Waals surface area contributed by atoms with Gasteiger partial charge in [0, 0.05) is 16.1 Å². The third-order valence-electron chi connectivity index (χ3n) is 2.41. The third-order valence-corrected chi connectivity index (χ3v) is 3.10. The minimum Gasteiger partial charge on any atom is -0.496 e. The molecule has 0 aliphatic carbocycles. The highest BCUT2D eigenvalue weighted by molar-refractivity contribution is 9.10. The number of fused-ring (bicyclic) bond motifs is 1. The standard InChI is InChI=1S/C11H10BrN3O2/c1-17-8-3-2-7(12)6-4-5-14-10(9(6)8)11(13)15-16/h2-5,16H,1H3,(H2,13,15). The van der Waals surface area contributed by atoms with Gasteiger partial charge in [0.25, 0.3) is 0 Å². The van der Waals surface area contributed by atoms with E-state index in [4.69, 9.17) is 15.7 Å². The van der Waals surface area contributed by atoms with Crippen LogP contribution < -0.4 is 10.5 Å². The summed E-state index contributed by atoms with van der Waals surface area (Å²) < 4.78 is 6.16. The highest BCUT2D eigenvalue weighted by Gasteiger charge is 2.13. The molecular formula is C11H10BrN3O2. The summed E-state index contributed by atoms with van der Waals surface area (Å²) in [6.45, 7) is 0. The lowest BCUT2D eigenvalue weighted by atomic mass is 10.1. The minimum absolute atomic E-state index is 0.0491. The number of ether oxygens (including phenoxy) is 1. The van der Waals surface area contributed by atoms with E-state index in [0.29, 0.717) is 16.8 Å². The molecule has 17 heavy (non-hydrogen) atoms. The fourth-order valence-corrected chi connectivity index (χ4v) is 2.11. The second kappa shape index (κ2) is 4.58. The topological polar surface area (TPSA) is 80.7 Å². The van der Waals surface area contributed by atoms with Crippen LogP contribution in [0, 0.1) is 0 Å². The number of pyridine rings is 1. The first-order valence-corrected chi connectivity index (χ1v) is 5.57. The molecule has 0 aliphatic heterocycles. The molecule has 0 saturated carbocycles. The predicted molar refractivity (Wildman–Crippen MR) is 68.5 cm³/mol. The Morgan fingerprint density at radius 3 is 2.88 bits per heavy atom. The molecule has 88 valence electrons. The zero-order valence-electron chi connectivity index (χ0n) is 9.01. The van der Waals surface area contributed by atoms with Crippen LogP contribution in [0.1, 0.15) is 5.69 Å². The molecule has 6 heteroatoms. The number of nitrogens with zero attached hydrogens (tertiary/aromatic N) is 2. The van der Waals surface area contributed by atoms with Crippen LogP contribution in [-0.2, 0) is 0 Å². The predicted octanol–water partition coefficient (Wildman–Crippen LogP) is 2.10. The van der Waals surface area contributed by atoms with Crippen molar-refractivity contribution in [2.75, 3.05) is 7.11 Å². The molecule has 0 aliphatic rings. The van der Waals surface area contributed by atoms with Crippen molar-refractivity contribution in [3.8, 4) is 5.75 Å². The zero-order valence-corrected chi connectivity index (χ0v) is 10.6. The summed E-state index contributed by atoms with van der Waals surface area (Å²) in [5.74, 6) is 0.574. The van der Waals surface area contributed by atoms with Crippen molar-refractivity contribution in [3.05, 3.63) is 34.6 Å². The van der Waals surface area contributed by atoms with E-state index < -0.39 is 0 Å². The molecule has 0 fully saturated rings. The van der Waals surface area contributed by atoms with Gasteiger partial charge >= 0.3 is 0 Å². The van der Waals surface area contributed by atoms with Crippen LogP contribution in [0.2, 0.25) is 0 Å². The first-order chi connectivity index (χ1) is 8.19. The summed E-state index contributed by atoms with van der Waals surface area (Å²) in [6, 6.07) is 5.50. The Morgan fingerprint density at radius 1 is 1.47 bits per heavy atom. The number of methoxy groups -OCH3 is 1. The van der Waals surface area contributed by atoms with E-state index >= 15 is 0 Å². The van der Waals surface area contributed by atoms with Crippen molar-refractivity contribution in [1.82, 2.24) is 4.98 Å². The van der Waals surface area contributed by atoms with Crippen molar-refractivity contribution < 1.29 is 9.94 Å². The first kappa shape index (κ1) is 11.7. The van der Waals surface area contributed by atoms with E-state index in [1.807, 2.05) is 12.1 Å². The molecule has 5 nitrogen and oxygen atoms in total. The van der Waals surface area contributed by atoms with E-state index in [2.05, 4.69) is 26.1 Å². The van der Waals surface area contributed by atoms with Crippen molar-refractivity contribution in [2.45, 2.75) is 0 Å². The van der Waals surface area contributed by atoms with Gasteiger partial charge in [0.1, 0.15) is 11.4 Å².